The molecule has 0 saturated heterocycles. The zero-order chi connectivity index (χ0) is 15.4. The van der Waals surface area contributed by atoms with Gasteiger partial charge in [-0.3, -0.25) is 4.79 Å². The Hall–Kier alpha value is -2.10. The molecule has 0 fully saturated rings. The van der Waals surface area contributed by atoms with Crippen LogP contribution in [0.4, 0.5) is 5.82 Å². The van der Waals surface area contributed by atoms with Gasteiger partial charge in [0.25, 0.3) is 5.91 Å². The second-order valence-electron chi connectivity index (χ2n) is 5.46. The lowest BCUT2D eigenvalue weighted by Gasteiger charge is -2.24. The SMILES string of the molecule is CCC(C)CN(CC)C(=O)c1cnc(N)c2ccccc12. The summed E-state index contributed by atoms with van der Waals surface area (Å²) in [4.78, 5) is 18.9. The van der Waals surface area contributed by atoms with Gasteiger partial charge in [-0.05, 0) is 18.2 Å². The van der Waals surface area contributed by atoms with Crippen LogP contribution in [-0.4, -0.2) is 28.9 Å². The molecule has 1 aromatic carbocycles. The predicted octanol–water partition coefficient (Wildman–Crippen LogP) is 3.33. The van der Waals surface area contributed by atoms with Crippen LogP contribution in [0.25, 0.3) is 10.8 Å². The molecule has 0 spiro atoms. The minimum Gasteiger partial charge on any atom is -0.383 e. The number of aromatic nitrogens is 1. The molecule has 1 amide bonds. The van der Waals surface area contributed by atoms with Crippen molar-refractivity contribution in [1.29, 1.82) is 0 Å². The molecule has 0 saturated carbocycles. The van der Waals surface area contributed by atoms with Crippen molar-refractivity contribution in [1.82, 2.24) is 9.88 Å². The molecule has 4 nitrogen and oxygen atoms in total. The lowest BCUT2D eigenvalue weighted by Crippen LogP contribution is -2.34. The zero-order valence-electron chi connectivity index (χ0n) is 13.0. The number of anilines is 1. The largest absolute Gasteiger partial charge is 0.383 e. The number of benzene rings is 1. The van der Waals surface area contributed by atoms with E-state index < -0.39 is 0 Å². The van der Waals surface area contributed by atoms with Crippen molar-refractivity contribution in [3.63, 3.8) is 0 Å². The molecular formula is C17H23N3O. The average molecular weight is 285 g/mol. The highest BCUT2D eigenvalue weighted by Crippen LogP contribution is 2.23. The standard InChI is InChI=1S/C17H23N3O/c1-4-12(3)11-20(5-2)17(21)15-10-19-16(18)14-9-7-6-8-13(14)15/h6-10,12H,4-5,11H2,1-3H3,(H2,18,19). The minimum atomic E-state index is 0.0292. The fraction of sp³-hybridized carbons (Fsp3) is 0.412. The number of hydrogen-bond acceptors (Lipinski definition) is 3. The number of nitrogens with zero attached hydrogens (tertiary/aromatic N) is 2. The molecule has 2 N–H and O–H groups in total. The summed E-state index contributed by atoms with van der Waals surface area (Å²) in [5, 5.41) is 1.71. The maximum absolute atomic E-state index is 12.8. The highest BCUT2D eigenvalue weighted by atomic mass is 16.2. The molecule has 1 unspecified atom stereocenters. The predicted molar refractivity (Wildman–Crippen MR) is 87.2 cm³/mol. The smallest absolute Gasteiger partial charge is 0.256 e. The quantitative estimate of drug-likeness (QED) is 0.916. The maximum Gasteiger partial charge on any atom is 0.256 e. The number of amides is 1. The summed E-state index contributed by atoms with van der Waals surface area (Å²) in [7, 11) is 0. The number of carbonyl (C=O) groups excluding carboxylic acids is 1. The summed E-state index contributed by atoms with van der Waals surface area (Å²) in [5.41, 5.74) is 6.53. The molecular weight excluding hydrogens is 262 g/mol. The molecule has 2 aromatic rings. The molecule has 0 aliphatic heterocycles. The zero-order valence-corrected chi connectivity index (χ0v) is 13.0. The fourth-order valence-electron chi connectivity index (χ4n) is 2.42. The molecule has 0 bridgehead atoms. The van der Waals surface area contributed by atoms with E-state index in [2.05, 4.69) is 18.8 Å². The fourth-order valence-corrected chi connectivity index (χ4v) is 2.42. The van der Waals surface area contributed by atoms with E-state index in [0.717, 1.165) is 23.7 Å². The van der Waals surface area contributed by atoms with Gasteiger partial charge in [-0.25, -0.2) is 4.98 Å². The van der Waals surface area contributed by atoms with E-state index in [4.69, 9.17) is 5.73 Å². The van der Waals surface area contributed by atoms with E-state index in [1.165, 1.54) is 0 Å². The molecule has 1 atom stereocenters. The average Bonchev–Trinajstić information content (AvgIpc) is 2.52. The number of fused-ring (bicyclic) bond motifs is 1. The molecule has 0 aliphatic carbocycles. The third-order valence-corrected chi connectivity index (χ3v) is 3.95. The van der Waals surface area contributed by atoms with Crippen LogP contribution in [-0.2, 0) is 0 Å². The van der Waals surface area contributed by atoms with Crippen molar-refractivity contribution >= 4 is 22.5 Å². The Bertz CT molecular complexity index is 639. The number of carbonyl (C=O) groups is 1. The van der Waals surface area contributed by atoms with Crippen LogP contribution in [0.15, 0.2) is 30.5 Å². The van der Waals surface area contributed by atoms with Crippen LogP contribution in [0.5, 0.6) is 0 Å². The van der Waals surface area contributed by atoms with Gasteiger partial charge in [-0.1, -0.05) is 44.5 Å². The number of rotatable bonds is 5. The van der Waals surface area contributed by atoms with Gasteiger partial charge in [0, 0.05) is 24.7 Å². The van der Waals surface area contributed by atoms with Gasteiger partial charge in [0.2, 0.25) is 0 Å². The van der Waals surface area contributed by atoms with E-state index in [-0.39, 0.29) is 5.91 Å². The second-order valence-corrected chi connectivity index (χ2v) is 5.46. The van der Waals surface area contributed by atoms with E-state index >= 15 is 0 Å². The Morgan fingerprint density at radius 3 is 2.57 bits per heavy atom. The molecule has 2 rings (SSSR count). The van der Waals surface area contributed by atoms with E-state index in [9.17, 15) is 4.79 Å². The second kappa shape index (κ2) is 6.57. The Kier molecular flexibility index (Phi) is 4.78. The van der Waals surface area contributed by atoms with Gasteiger partial charge in [0.05, 0.1) is 5.56 Å². The van der Waals surface area contributed by atoms with Gasteiger partial charge in [0.1, 0.15) is 5.82 Å². The number of pyridine rings is 1. The van der Waals surface area contributed by atoms with Crippen LogP contribution in [0, 0.1) is 5.92 Å². The Morgan fingerprint density at radius 1 is 1.29 bits per heavy atom. The first-order valence-corrected chi connectivity index (χ1v) is 7.50. The Labute approximate surface area is 126 Å². The molecule has 21 heavy (non-hydrogen) atoms. The molecule has 1 aromatic heterocycles. The lowest BCUT2D eigenvalue weighted by atomic mass is 10.0. The number of nitrogen functional groups attached to an aromatic ring is 1. The maximum atomic E-state index is 12.8. The third kappa shape index (κ3) is 3.15. The summed E-state index contributed by atoms with van der Waals surface area (Å²) >= 11 is 0. The highest BCUT2D eigenvalue weighted by Gasteiger charge is 2.19. The van der Waals surface area contributed by atoms with Crippen molar-refractivity contribution < 1.29 is 4.79 Å². The normalized spacial score (nSPS) is 12.3. The van der Waals surface area contributed by atoms with E-state index in [1.807, 2.05) is 36.1 Å². The Balaban J connectivity index is 2.41. The molecule has 0 aliphatic rings. The van der Waals surface area contributed by atoms with Crippen LogP contribution >= 0.6 is 0 Å². The summed E-state index contributed by atoms with van der Waals surface area (Å²) in [6.45, 7) is 7.78. The van der Waals surface area contributed by atoms with E-state index in [1.54, 1.807) is 6.20 Å². The highest BCUT2D eigenvalue weighted by molar-refractivity contribution is 6.08. The molecule has 0 radical (unpaired) electrons. The first-order valence-electron chi connectivity index (χ1n) is 7.50. The van der Waals surface area contributed by atoms with Crippen molar-refractivity contribution in [3.05, 3.63) is 36.0 Å². The molecule has 1 heterocycles. The van der Waals surface area contributed by atoms with Gasteiger partial charge in [-0.2, -0.15) is 0 Å². The van der Waals surface area contributed by atoms with Gasteiger partial charge < -0.3 is 10.6 Å². The third-order valence-electron chi connectivity index (χ3n) is 3.95. The van der Waals surface area contributed by atoms with Gasteiger partial charge >= 0.3 is 0 Å². The van der Waals surface area contributed by atoms with Crippen molar-refractivity contribution in [2.24, 2.45) is 5.92 Å². The minimum absolute atomic E-state index is 0.0292. The van der Waals surface area contributed by atoms with Crippen molar-refractivity contribution in [2.45, 2.75) is 27.2 Å². The van der Waals surface area contributed by atoms with Crippen molar-refractivity contribution in [3.8, 4) is 0 Å². The summed E-state index contributed by atoms with van der Waals surface area (Å²) in [6.07, 6.45) is 2.66. The first kappa shape index (κ1) is 15.3. The van der Waals surface area contributed by atoms with Crippen LogP contribution in [0.1, 0.15) is 37.6 Å². The molecule has 112 valence electrons. The van der Waals surface area contributed by atoms with Gasteiger partial charge in [0.15, 0.2) is 0 Å². The van der Waals surface area contributed by atoms with Crippen molar-refractivity contribution in [2.75, 3.05) is 18.8 Å². The molecule has 4 heteroatoms. The summed E-state index contributed by atoms with van der Waals surface area (Å²) in [5.74, 6) is 0.982. The Morgan fingerprint density at radius 2 is 1.95 bits per heavy atom. The lowest BCUT2D eigenvalue weighted by molar-refractivity contribution is 0.0742. The van der Waals surface area contributed by atoms with E-state index in [0.29, 0.717) is 23.8 Å². The topological polar surface area (TPSA) is 59.2 Å². The van der Waals surface area contributed by atoms with Crippen LogP contribution < -0.4 is 5.73 Å². The van der Waals surface area contributed by atoms with Crippen LogP contribution in [0.3, 0.4) is 0 Å². The monoisotopic (exact) mass is 285 g/mol. The number of hydrogen-bond donors (Lipinski definition) is 1. The summed E-state index contributed by atoms with van der Waals surface area (Å²) in [6, 6.07) is 7.66. The first-order chi connectivity index (χ1) is 10.1. The summed E-state index contributed by atoms with van der Waals surface area (Å²) < 4.78 is 0. The van der Waals surface area contributed by atoms with Gasteiger partial charge in [-0.15, -0.1) is 0 Å². The number of nitrogens with two attached hydrogens (primary N) is 1. The van der Waals surface area contributed by atoms with Crippen LogP contribution in [0.2, 0.25) is 0 Å².